The molecule has 0 aliphatic carbocycles. The van der Waals surface area contributed by atoms with Crippen LogP contribution in [0.15, 0.2) is 0 Å². The molecule has 0 aromatic heterocycles. The molecule has 0 amide bonds. The quantitative estimate of drug-likeness (QED) is 0.746. The lowest BCUT2D eigenvalue weighted by Crippen LogP contribution is -2.47. The summed E-state index contributed by atoms with van der Waals surface area (Å²) in [5.41, 5.74) is 5.62. The molecule has 4 nitrogen and oxygen atoms in total. The Bertz CT molecular complexity index is 226. The van der Waals surface area contributed by atoms with Gasteiger partial charge in [0.2, 0.25) is 0 Å². The van der Waals surface area contributed by atoms with Crippen LogP contribution in [-0.4, -0.2) is 80.1 Å². The highest BCUT2D eigenvalue weighted by Gasteiger charge is 2.24. The van der Waals surface area contributed by atoms with Crippen molar-refractivity contribution >= 4 is 0 Å². The van der Waals surface area contributed by atoms with Gasteiger partial charge in [-0.2, -0.15) is 0 Å². The molecule has 106 valence electrons. The van der Waals surface area contributed by atoms with Gasteiger partial charge in [0.25, 0.3) is 0 Å². The van der Waals surface area contributed by atoms with E-state index in [0.717, 1.165) is 12.6 Å². The van der Waals surface area contributed by atoms with Crippen molar-refractivity contribution in [1.82, 2.24) is 14.7 Å². The van der Waals surface area contributed by atoms with Gasteiger partial charge >= 0.3 is 0 Å². The maximum Gasteiger partial charge on any atom is 0.0112 e. The highest BCUT2D eigenvalue weighted by molar-refractivity contribution is 4.80. The second kappa shape index (κ2) is 7.43. The molecule has 0 radical (unpaired) electrons. The molecular weight excluding hydrogens is 224 g/mol. The number of likely N-dealkylation sites (tertiary alicyclic amines) is 1. The average Bonchev–Trinajstić information content (AvgIpc) is 2.83. The number of rotatable bonds is 6. The first kappa shape index (κ1) is 14.3. The summed E-state index contributed by atoms with van der Waals surface area (Å²) in [5.74, 6) is 0. The fourth-order valence-corrected chi connectivity index (χ4v) is 3.21. The number of piperazine rings is 1. The Morgan fingerprint density at radius 1 is 1.06 bits per heavy atom. The van der Waals surface area contributed by atoms with Crippen LogP contribution in [0.3, 0.4) is 0 Å². The lowest BCUT2D eigenvalue weighted by molar-refractivity contribution is 0.130. The van der Waals surface area contributed by atoms with Gasteiger partial charge in [-0.05, 0) is 45.8 Å². The number of nitrogens with two attached hydrogens (primary N) is 1. The van der Waals surface area contributed by atoms with Crippen molar-refractivity contribution in [2.75, 3.05) is 59.4 Å². The summed E-state index contributed by atoms with van der Waals surface area (Å²) < 4.78 is 0. The number of nitrogens with zero attached hydrogens (tertiary/aromatic N) is 3. The van der Waals surface area contributed by atoms with E-state index in [1.165, 1.54) is 71.5 Å². The Morgan fingerprint density at radius 2 is 1.83 bits per heavy atom. The lowest BCUT2D eigenvalue weighted by atomic mass is 10.1. The largest absolute Gasteiger partial charge is 0.330 e. The minimum atomic E-state index is 0.820. The zero-order valence-corrected chi connectivity index (χ0v) is 12.0. The van der Waals surface area contributed by atoms with E-state index in [1.54, 1.807) is 0 Å². The molecule has 0 aromatic carbocycles. The van der Waals surface area contributed by atoms with Crippen molar-refractivity contribution < 1.29 is 0 Å². The highest BCUT2D eigenvalue weighted by atomic mass is 15.3. The van der Waals surface area contributed by atoms with Crippen molar-refractivity contribution in [3.8, 4) is 0 Å². The first-order chi connectivity index (χ1) is 8.79. The van der Waals surface area contributed by atoms with Gasteiger partial charge in [-0.1, -0.05) is 0 Å². The van der Waals surface area contributed by atoms with Gasteiger partial charge in [0.15, 0.2) is 0 Å². The van der Waals surface area contributed by atoms with E-state index < -0.39 is 0 Å². The predicted molar refractivity (Wildman–Crippen MR) is 76.8 cm³/mol. The summed E-state index contributed by atoms with van der Waals surface area (Å²) in [6.45, 7) is 9.64. The molecule has 0 spiro atoms. The van der Waals surface area contributed by atoms with Gasteiger partial charge in [-0.25, -0.2) is 0 Å². The van der Waals surface area contributed by atoms with Crippen LogP contribution in [-0.2, 0) is 0 Å². The first-order valence-corrected chi connectivity index (χ1v) is 7.64. The number of likely N-dealkylation sites (N-methyl/N-ethyl adjacent to an activating group) is 1. The van der Waals surface area contributed by atoms with E-state index in [4.69, 9.17) is 5.73 Å². The molecule has 2 aliphatic heterocycles. The average molecular weight is 254 g/mol. The molecule has 0 aromatic rings. The monoisotopic (exact) mass is 254 g/mol. The van der Waals surface area contributed by atoms with Gasteiger partial charge < -0.3 is 10.6 Å². The molecule has 18 heavy (non-hydrogen) atoms. The van der Waals surface area contributed by atoms with E-state index in [0.29, 0.717) is 0 Å². The zero-order valence-electron chi connectivity index (χ0n) is 12.0. The summed E-state index contributed by atoms with van der Waals surface area (Å²) in [7, 11) is 2.22. The maximum atomic E-state index is 5.62. The van der Waals surface area contributed by atoms with Crippen molar-refractivity contribution in [3.05, 3.63) is 0 Å². The molecule has 0 saturated carbocycles. The normalized spacial score (nSPS) is 28.0. The van der Waals surface area contributed by atoms with Crippen LogP contribution in [0, 0.1) is 0 Å². The molecule has 2 saturated heterocycles. The molecule has 4 heteroatoms. The van der Waals surface area contributed by atoms with Crippen LogP contribution >= 0.6 is 0 Å². The predicted octanol–water partition coefficient (Wildman–Crippen LogP) is 0.437. The third kappa shape index (κ3) is 4.19. The lowest BCUT2D eigenvalue weighted by Gasteiger charge is -2.34. The van der Waals surface area contributed by atoms with Crippen molar-refractivity contribution in [2.24, 2.45) is 5.73 Å². The fourth-order valence-electron chi connectivity index (χ4n) is 3.21. The molecule has 2 aliphatic rings. The second-order valence-electron chi connectivity index (χ2n) is 5.91. The highest BCUT2D eigenvalue weighted by Crippen LogP contribution is 2.20. The summed E-state index contributed by atoms with van der Waals surface area (Å²) in [6.07, 6.45) is 5.27. The Kier molecular flexibility index (Phi) is 5.89. The number of hydrogen-bond donors (Lipinski definition) is 1. The summed E-state index contributed by atoms with van der Waals surface area (Å²) in [4.78, 5) is 7.75. The zero-order chi connectivity index (χ0) is 12.8. The topological polar surface area (TPSA) is 35.7 Å². The van der Waals surface area contributed by atoms with E-state index in [2.05, 4.69) is 21.7 Å². The Balaban J connectivity index is 1.65. The Labute approximate surface area is 112 Å². The van der Waals surface area contributed by atoms with Crippen LogP contribution in [0.25, 0.3) is 0 Å². The fraction of sp³-hybridized carbons (Fsp3) is 1.00. The van der Waals surface area contributed by atoms with E-state index >= 15 is 0 Å². The Hall–Kier alpha value is -0.160. The van der Waals surface area contributed by atoms with E-state index in [-0.39, 0.29) is 0 Å². The van der Waals surface area contributed by atoms with Crippen molar-refractivity contribution in [3.63, 3.8) is 0 Å². The van der Waals surface area contributed by atoms with Crippen LogP contribution in [0.5, 0.6) is 0 Å². The molecule has 1 atom stereocenters. The molecule has 0 bridgehead atoms. The first-order valence-electron chi connectivity index (χ1n) is 7.64. The SMILES string of the molecule is CN1CCN(CCN2CCCC2CCCN)CC1. The van der Waals surface area contributed by atoms with Crippen molar-refractivity contribution in [2.45, 2.75) is 31.7 Å². The summed E-state index contributed by atoms with van der Waals surface area (Å²) in [5, 5.41) is 0. The van der Waals surface area contributed by atoms with Gasteiger partial charge in [-0.15, -0.1) is 0 Å². The van der Waals surface area contributed by atoms with Gasteiger partial charge in [0.05, 0.1) is 0 Å². The Morgan fingerprint density at radius 3 is 2.56 bits per heavy atom. The van der Waals surface area contributed by atoms with Crippen LogP contribution in [0.4, 0.5) is 0 Å². The van der Waals surface area contributed by atoms with E-state index in [9.17, 15) is 0 Å². The van der Waals surface area contributed by atoms with Crippen molar-refractivity contribution in [1.29, 1.82) is 0 Å². The summed E-state index contributed by atoms with van der Waals surface area (Å²) in [6, 6.07) is 0.820. The third-order valence-electron chi connectivity index (χ3n) is 4.54. The molecule has 2 rings (SSSR count). The molecule has 1 unspecified atom stereocenters. The summed E-state index contributed by atoms with van der Waals surface area (Å²) >= 11 is 0. The molecule has 2 heterocycles. The van der Waals surface area contributed by atoms with E-state index in [1.807, 2.05) is 0 Å². The molecular formula is C14H30N4. The minimum Gasteiger partial charge on any atom is -0.330 e. The van der Waals surface area contributed by atoms with Crippen LogP contribution in [0.2, 0.25) is 0 Å². The second-order valence-corrected chi connectivity index (χ2v) is 5.91. The maximum absolute atomic E-state index is 5.62. The van der Waals surface area contributed by atoms with Gasteiger partial charge in [0, 0.05) is 45.3 Å². The number of hydrogen-bond acceptors (Lipinski definition) is 4. The molecule has 2 fully saturated rings. The minimum absolute atomic E-state index is 0.820. The standard InChI is InChI=1S/C14H30N4/c1-16-8-10-17(11-9-16)12-13-18-7-3-5-14(18)4-2-6-15/h14H,2-13,15H2,1H3. The van der Waals surface area contributed by atoms with Gasteiger partial charge in [-0.3, -0.25) is 9.80 Å². The smallest absolute Gasteiger partial charge is 0.0112 e. The van der Waals surface area contributed by atoms with Crippen LogP contribution < -0.4 is 5.73 Å². The third-order valence-corrected chi connectivity index (χ3v) is 4.54. The molecule has 2 N–H and O–H groups in total. The van der Waals surface area contributed by atoms with Gasteiger partial charge in [0.1, 0.15) is 0 Å². The van der Waals surface area contributed by atoms with Crippen LogP contribution in [0.1, 0.15) is 25.7 Å².